The Kier molecular flexibility index (Phi) is 57.0. The second kappa shape index (κ2) is 58.2. The Hall–Kier alpha value is -1.40. The van der Waals surface area contributed by atoms with Gasteiger partial charge in [-0.3, -0.25) is 9.59 Å². The molecule has 6 heteroatoms. The van der Waals surface area contributed by atoms with E-state index in [1.807, 2.05) is 6.08 Å². The molecule has 6 nitrogen and oxygen atoms in total. The van der Waals surface area contributed by atoms with Crippen LogP contribution in [0.25, 0.3) is 0 Å². The summed E-state index contributed by atoms with van der Waals surface area (Å²) in [5.74, 6) is -0.0925. The van der Waals surface area contributed by atoms with Gasteiger partial charge in [-0.1, -0.05) is 315 Å². The fraction of sp³-hybridized carbons (Fsp3) is 0.935. The maximum absolute atomic E-state index is 12.5. The molecule has 0 aliphatic rings. The quantitative estimate of drug-likeness (QED) is 0.0321. The normalized spacial score (nSPS) is 12.6. The molecule has 404 valence electrons. The number of allylic oxidation sites excluding steroid dienone is 1. The molecule has 0 saturated carbocycles. The minimum atomic E-state index is -0.857. The van der Waals surface area contributed by atoms with Crippen LogP contribution in [0.4, 0.5) is 0 Å². The van der Waals surface area contributed by atoms with Crippen LogP contribution < -0.4 is 5.32 Å². The summed E-state index contributed by atoms with van der Waals surface area (Å²) in [5, 5.41) is 23.2. The number of amides is 1. The summed E-state index contributed by atoms with van der Waals surface area (Å²) in [6, 6.07) is -0.642. The zero-order chi connectivity index (χ0) is 49.3. The van der Waals surface area contributed by atoms with Gasteiger partial charge in [0.25, 0.3) is 0 Å². The molecule has 0 bridgehead atoms. The highest BCUT2D eigenvalue weighted by Gasteiger charge is 2.18. The van der Waals surface area contributed by atoms with Crippen molar-refractivity contribution in [2.24, 2.45) is 0 Å². The van der Waals surface area contributed by atoms with Crippen molar-refractivity contribution in [1.29, 1.82) is 0 Å². The number of carbonyl (C=O) groups excluding carboxylic acids is 2. The van der Waals surface area contributed by atoms with Crippen LogP contribution in [0.5, 0.6) is 0 Å². The largest absolute Gasteiger partial charge is 0.466 e. The lowest BCUT2D eigenvalue weighted by Gasteiger charge is -2.20. The second-order valence-electron chi connectivity index (χ2n) is 21.4. The molecule has 3 N–H and O–H groups in total. The molecule has 68 heavy (non-hydrogen) atoms. The maximum Gasteiger partial charge on any atom is 0.305 e. The van der Waals surface area contributed by atoms with E-state index in [2.05, 4.69) is 19.2 Å². The van der Waals surface area contributed by atoms with Crippen LogP contribution in [-0.2, 0) is 14.3 Å². The number of aliphatic hydroxyl groups is 2. The second-order valence-corrected chi connectivity index (χ2v) is 21.4. The van der Waals surface area contributed by atoms with Gasteiger partial charge in [0, 0.05) is 12.8 Å². The van der Waals surface area contributed by atoms with E-state index in [1.165, 1.54) is 263 Å². The summed E-state index contributed by atoms with van der Waals surface area (Å²) < 4.78 is 5.48. The Morgan fingerprint density at radius 2 is 0.676 bits per heavy atom. The van der Waals surface area contributed by atoms with Gasteiger partial charge >= 0.3 is 5.97 Å². The topological polar surface area (TPSA) is 95.9 Å². The monoisotopic (exact) mass is 960 g/mol. The van der Waals surface area contributed by atoms with E-state index in [0.29, 0.717) is 19.4 Å². The molecule has 2 atom stereocenters. The average molecular weight is 961 g/mol. The summed E-state index contributed by atoms with van der Waals surface area (Å²) in [6.07, 6.45) is 69.6. The van der Waals surface area contributed by atoms with Crippen LogP contribution in [-0.4, -0.2) is 47.4 Å². The van der Waals surface area contributed by atoms with Crippen LogP contribution >= 0.6 is 0 Å². The summed E-state index contributed by atoms with van der Waals surface area (Å²) in [6.45, 7) is 4.90. The van der Waals surface area contributed by atoms with Crippen LogP contribution in [0.15, 0.2) is 12.2 Å². The molecule has 0 spiro atoms. The first-order valence-electron chi connectivity index (χ1n) is 31.0. The van der Waals surface area contributed by atoms with E-state index < -0.39 is 12.1 Å². The lowest BCUT2D eigenvalue weighted by Crippen LogP contribution is -2.45. The number of nitrogens with one attached hydrogen (secondary N) is 1. The Morgan fingerprint density at radius 3 is 1.00 bits per heavy atom. The summed E-state index contributed by atoms with van der Waals surface area (Å²) in [7, 11) is 0. The summed E-state index contributed by atoms with van der Waals surface area (Å²) in [4.78, 5) is 24.6. The van der Waals surface area contributed by atoms with Crippen molar-refractivity contribution in [1.82, 2.24) is 5.32 Å². The highest BCUT2D eigenvalue weighted by atomic mass is 16.5. The third-order valence-corrected chi connectivity index (χ3v) is 14.6. The molecule has 2 unspecified atom stereocenters. The Balaban J connectivity index is 3.47. The molecule has 0 aromatic carbocycles. The predicted octanol–water partition coefficient (Wildman–Crippen LogP) is 19.2. The molecular weight excluding hydrogens is 839 g/mol. The molecule has 1 amide bonds. The van der Waals surface area contributed by atoms with Crippen molar-refractivity contribution >= 4 is 11.9 Å². The SMILES string of the molecule is CCCCCCCCCCCCCCCCCCCCCCC/C=C/C(O)C(CO)NC(=O)CCCCCCCCCCCCCOC(=O)CCCCCCCCCCCCCCCCCCC. The van der Waals surface area contributed by atoms with E-state index in [4.69, 9.17) is 4.74 Å². The third-order valence-electron chi connectivity index (χ3n) is 14.6. The van der Waals surface area contributed by atoms with Gasteiger partial charge in [-0.05, 0) is 32.1 Å². The minimum Gasteiger partial charge on any atom is -0.466 e. The highest BCUT2D eigenvalue weighted by molar-refractivity contribution is 5.76. The fourth-order valence-electron chi connectivity index (χ4n) is 9.81. The predicted molar refractivity (Wildman–Crippen MR) is 297 cm³/mol. The van der Waals surface area contributed by atoms with Gasteiger partial charge in [-0.15, -0.1) is 0 Å². The zero-order valence-electron chi connectivity index (χ0n) is 46.1. The van der Waals surface area contributed by atoms with Gasteiger partial charge < -0.3 is 20.3 Å². The van der Waals surface area contributed by atoms with Crippen molar-refractivity contribution in [2.75, 3.05) is 13.2 Å². The Morgan fingerprint density at radius 1 is 0.397 bits per heavy atom. The number of carbonyl (C=O) groups is 2. The highest BCUT2D eigenvalue weighted by Crippen LogP contribution is 2.18. The molecule has 0 aliphatic carbocycles. The van der Waals surface area contributed by atoms with Crippen molar-refractivity contribution in [2.45, 2.75) is 360 Å². The number of unbranched alkanes of at least 4 members (excludes halogenated alkanes) is 47. The van der Waals surface area contributed by atoms with Gasteiger partial charge in [0.15, 0.2) is 0 Å². The van der Waals surface area contributed by atoms with Gasteiger partial charge in [-0.2, -0.15) is 0 Å². The van der Waals surface area contributed by atoms with Crippen molar-refractivity contribution in [3.63, 3.8) is 0 Å². The minimum absolute atomic E-state index is 0.0102. The van der Waals surface area contributed by atoms with Gasteiger partial charge in [-0.25, -0.2) is 0 Å². The Labute approximate surface area is 425 Å². The number of hydrogen-bond acceptors (Lipinski definition) is 5. The number of rotatable bonds is 58. The van der Waals surface area contributed by atoms with E-state index in [-0.39, 0.29) is 18.5 Å². The van der Waals surface area contributed by atoms with E-state index >= 15 is 0 Å². The zero-order valence-corrected chi connectivity index (χ0v) is 46.1. The number of aliphatic hydroxyl groups excluding tert-OH is 2. The molecule has 0 aromatic rings. The maximum atomic E-state index is 12.5. The van der Waals surface area contributed by atoms with Crippen LogP contribution in [0.2, 0.25) is 0 Å². The molecule has 0 rings (SSSR count). The van der Waals surface area contributed by atoms with Crippen molar-refractivity contribution in [3.05, 3.63) is 12.2 Å². The van der Waals surface area contributed by atoms with E-state index in [1.54, 1.807) is 6.08 Å². The molecule has 0 aliphatic heterocycles. The standard InChI is InChI=1S/C62H121NO5/c1-3-5-7-9-11-13-15-17-19-21-22-23-24-25-26-28-29-31-34-38-42-46-50-54-60(65)59(58-64)63-61(66)55-51-47-43-39-35-33-37-41-45-49-53-57-68-62(67)56-52-48-44-40-36-32-30-27-20-18-16-14-12-10-8-6-4-2/h50,54,59-60,64-65H,3-49,51-53,55-58H2,1-2H3,(H,63,66)/b54-50+. The van der Waals surface area contributed by atoms with E-state index in [0.717, 1.165) is 57.8 Å². The van der Waals surface area contributed by atoms with E-state index in [9.17, 15) is 19.8 Å². The first kappa shape index (κ1) is 66.6. The Bertz CT molecular complexity index is 1020. The molecule has 0 radical (unpaired) electrons. The summed E-state index contributed by atoms with van der Waals surface area (Å²) >= 11 is 0. The molecule has 0 saturated heterocycles. The first-order chi connectivity index (χ1) is 33.5. The van der Waals surface area contributed by atoms with Crippen LogP contribution in [0.1, 0.15) is 348 Å². The molecule has 0 heterocycles. The molecule has 0 fully saturated rings. The van der Waals surface area contributed by atoms with Crippen molar-refractivity contribution < 1.29 is 24.5 Å². The van der Waals surface area contributed by atoms with Crippen LogP contribution in [0, 0.1) is 0 Å². The molecular formula is C62H121NO5. The first-order valence-corrected chi connectivity index (χ1v) is 31.0. The molecule has 0 aromatic heterocycles. The lowest BCUT2D eigenvalue weighted by atomic mass is 10.0. The van der Waals surface area contributed by atoms with Gasteiger partial charge in [0.1, 0.15) is 0 Å². The smallest absolute Gasteiger partial charge is 0.305 e. The van der Waals surface area contributed by atoms with Gasteiger partial charge in [0.2, 0.25) is 5.91 Å². The average Bonchev–Trinajstić information content (AvgIpc) is 3.34. The van der Waals surface area contributed by atoms with Crippen LogP contribution in [0.3, 0.4) is 0 Å². The number of esters is 1. The lowest BCUT2D eigenvalue weighted by molar-refractivity contribution is -0.143. The summed E-state index contributed by atoms with van der Waals surface area (Å²) in [5.41, 5.74) is 0. The van der Waals surface area contributed by atoms with Gasteiger partial charge in [0.05, 0.1) is 25.4 Å². The number of hydrogen-bond donors (Lipinski definition) is 3. The number of ether oxygens (including phenoxy) is 1. The van der Waals surface area contributed by atoms with Crippen molar-refractivity contribution in [3.8, 4) is 0 Å². The fourth-order valence-corrected chi connectivity index (χ4v) is 9.81. The third kappa shape index (κ3) is 53.9.